The van der Waals surface area contributed by atoms with Crippen molar-refractivity contribution >= 4 is 11.6 Å². The number of rotatable bonds is 5. The molecule has 0 N–H and O–H groups in total. The lowest BCUT2D eigenvalue weighted by molar-refractivity contribution is -0.137. The Morgan fingerprint density at radius 2 is 1.74 bits per heavy atom. The molecule has 150 valence electrons. The molecule has 4 nitrogen and oxygen atoms in total. The van der Waals surface area contributed by atoms with Crippen molar-refractivity contribution < 1.29 is 18.0 Å². The van der Waals surface area contributed by atoms with Crippen LogP contribution in [0.3, 0.4) is 0 Å². The van der Waals surface area contributed by atoms with Gasteiger partial charge in [0.15, 0.2) is 0 Å². The van der Waals surface area contributed by atoms with Crippen LogP contribution < -0.4 is 4.90 Å². The van der Waals surface area contributed by atoms with Gasteiger partial charge in [-0.25, -0.2) is 0 Å². The molecule has 0 aliphatic rings. The molecule has 7 heteroatoms. The molecule has 1 aromatic rings. The lowest BCUT2D eigenvalue weighted by Gasteiger charge is -2.40. The number of carbonyl (C=O) groups is 1. The number of carbonyl (C=O) groups excluding carboxylic acids is 1. The van der Waals surface area contributed by atoms with E-state index in [1.165, 1.54) is 17.0 Å². The maximum atomic E-state index is 13.4. The molecule has 0 fully saturated rings. The Balaban J connectivity index is 3.62. The summed E-state index contributed by atoms with van der Waals surface area (Å²) in [5.74, 6) is -0.292. The van der Waals surface area contributed by atoms with E-state index in [1.54, 1.807) is 25.1 Å². The van der Waals surface area contributed by atoms with E-state index >= 15 is 0 Å². The van der Waals surface area contributed by atoms with Gasteiger partial charge in [0.1, 0.15) is 6.04 Å². The van der Waals surface area contributed by atoms with Crippen LogP contribution in [-0.2, 0) is 11.0 Å². The fourth-order valence-corrected chi connectivity index (χ4v) is 2.95. The number of nitriles is 1. The summed E-state index contributed by atoms with van der Waals surface area (Å²) in [5.41, 5.74) is -1.39. The van der Waals surface area contributed by atoms with Crippen molar-refractivity contribution in [3.63, 3.8) is 0 Å². The maximum absolute atomic E-state index is 13.4. The first-order chi connectivity index (χ1) is 12.2. The molecule has 0 heterocycles. The fraction of sp³-hybridized carbons (Fsp3) is 0.600. The molecule has 1 atom stereocenters. The van der Waals surface area contributed by atoms with Crippen LogP contribution in [0.4, 0.5) is 18.9 Å². The molecule has 1 aromatic carbocycles. The van der Waals surface area contributed by atoms with Crippen molar-refractivity contribution in [3.05, 3.63) is 29.3 Å². The Hall–Kier alpha value is -2.23. The molecule has 0 saturated heterocycles. The molecule has 1 amide bonds. The third-order valence-corrected chi connectivity index (χ3v) is 4.07. The molecule has 0 radical (unpaired) electrons. The molecule has 1 rings (SSSR count). The monoisotopic (exact) mass is 383 g/mol. The van der Waals surface area contributed by atoms with Gasteiger partial charge in [0.05, 0.1) is 17.2 Å². The van der Waals surface area contributed by atoms with E-state index in [4.69, 9.17) is 5.26 Å². The van der Waals surface area contributed by atoms with E-state index in [-0.39, 0.29) is 22.9 Å². The summed E-state index contributed by atoms with van der Waals surface area (Å²) in [6.07, 6.45) is -4.65. The summed E-state index contributed by atoms with van der Waals surface area (Å²) < 4.78 is 40.3. The first-order valence-corrected chi connectivity index (χ1v) is 8.78. The van der Waals surface area contributed by atoms with E-state index in [2.05, 4.69) is 0 Å². The molecular formula is C20H28F3N3O. The SMILES string of the molecule is CC(C)[C@@H](C(=O)N(C)C)N(CC(C)(C)C)c1ccc(C#N)c(C(F)(F)F)c1. The number of anilines is 1. The lowest BCUT2D eigenvalue weighted by atomic mass is 9.91. The van der Waals surface area contributed by atoms with Gasteiger partial charge in [0.2, 0.25) is 5.91 Å². The number of halogens is 3. The zero-order chi connectivity index (χ0) is 21.2. The quantitative estimate of drug-likeness (QED) is 0.750. The number of hydrogen-bond donors (Lipinski definition) is 0. The number of nitrogens with zero attached hydrogens (tertiary/aromatic N) is 3. The average Bonchev–Trinajstić information content (AvgIpc) is 2.51. The Morgan fingerprint density at radius 1 is 1.19 bits per heavy atom. The zero-order valence-electron chi connectivity index (χ0n) is 17.0. The summed E-state index contributed by atoms with van der Waals surface area (Å²) >= 11 is 0. The van der Waals surface area contributed by atoms with Crippen LogP contribution in [-0.4, -0.2) is 37.5 Å². The van der Waals surface area contributed by atoms with Gasteiger partial charge in [0, 0.05) is 26.3 Å². The van der Waals surface area contributed by atoms with Crippen LogP contribution >= 0.6 is 0 Å². The molecule has 0 saturated carbocycles. The topological polar surface area (TPSA) is 47.3 Å². The highest BCUT2D eigenvalue weighted by Gasteiger charge is 2.37. The fourth-order valence-electron chi connectivity index (χ4n) is 2.95. The number of benzene rings is 1. The van der Waals surface area contributed by atoms with Crippen LogP contribution in [0.25, 0.3) is 0 Å². The second-order valence-electron chi connectivity index (χ2n) is 8.45. The number of alkyl halides is 3. The van der Waals surface area contributed by atoms with E-state index in [9.17, 15) is 18.0 Å². The Kier molecular flexibility index (Phi) is 6.93. The van der Waals surface area contributed by atoms with Gasteiger partial charge in [-0.2, -0.15) is 18.4 Å². The molecule has 0 aliphatic heterocycles. The van der Waals surface area contributed by atoms with Crippen molar-refractivity contribution in [1.82, 2.24) is 4.90 Å². The molecule has 0 bridgehead atoms. The van der Waals surface area contributed by atoms with Crippen LogP contribution in [0.2, 0.25) is 0 Å². The summed E-state index contributed by atoms with van der Waals surface area (Å²) in [5, 5.41) is 9.03. The minimum Gasteiger partial charge on any atom is -0.359 e. The van der Waals surface area contributed by atoms with Gasteiger partial charge >= 0.3 is 6.18 Å². The molecular weight excluding hydrogens is 355 g/mol. The van der Waals surface area contributed by atoms with Gasteiger partial charge in [-0.1, -0.05) is 34.6 Å². The lowest BCUT2D eigenvalue weighted by Crippen LogP contribution is -2.52. The maximum Gasteiger partial charge on any atom is 0.417 e. The number of amides is 1. The normalized spacial score (nSPS) is 13.3. The molecule has 0 spiro atoms. The summed E-state index contributed by atoms with van der Waals surface area (Å²) in [4.78, 5) is 16.0. The molecule has 0 aliphatic carbocycles. The van der Waals surface area contributed by atoms with Gasteiger partial charge in [-0.3, -0.25) is 4.79 Å². The first kappa shape index (κ1) is 22.8. The molecule has 27 heavy (non-hydrogen) atoms. The first-order valence-electron chi connectivity index (χ1n) is 8.78. The molecule has 0 aromatic heterocycles. The minimum absolute atomic E-state index is 0.118. The summed E-state index contributed by atoms with van der Waals surface area (Å²) in [7, 11) is 3.26. The smallest absolute Gasteiger partial charge is 0.359 e. The second kappa shape index (κ2) is 8.20. The van der Waals surface area contributed by atoms with Gasteiger partial charge in [-0.15, -0.1) is 0 Å². The van der Waals surface area contributed by atoms with Gasteiger partial charge in [0.25, 0.3) is 0 Å². The second-order valence-corrected chi connectivity index (χ2v) is 8.45. The van der Waals surface area contributed by atoms with E-state index in [0.717, 1.165) is 6.07 Å². The van der Waals surface area contributed by atoms with Crippen LogP contribution in [0.15, 0.2) is 18.2 Å². The van der Waals surface area contributed by atoms with E-state index in [1.807, 2.05) is 34.6 Å². The molecule has 0 unspecified atom stereocenters. The van der Waals surface area contributed by atoms with Crippen molar-refractivity contribution in [2.75, 3.05) is 25.5 Å². The predicted octanol–water partition coefficient (Wildman–Crippen LogP) is 4.54. The highest BCUT2D eigenvalue weighted by molar-refractivity contribution is 5.85. The third kappa shape index (κ3) is 5.88. The summed E-state index contributed by atoms with van der Waals surface area (Å²) in [6, 6.07) is 4.61. The van der Waals surface area contributed by atoms with E-state index in [0.29, 0.717) is 6.54 Å². The van der Waals surface area contributed by atoms with Crippen molar-refractivity contribution in [2.24, 2.45) is 11.3 Å². The van der Waals surface area contributed by atoms with Crippen LogP contribution in [0.1, 0.15) is 45.7 Å². The Bertz CT molecular complexity index is 713. The number of hydrogen-bond acceptors (Lipinski definition) is 3. The standard InChI is InChI=1S/C20H28F3N3O/c1-13(2)17(18(27)25(6)7)26(12-19(3,4)5)15-9-8-14(11-24)16(10-15)20(21,22)23/h8-10,13,17H,12H2,1-7H3/t17-/m0/s1. The Morgan fingerprint density at radius 3 is 2.11 bits per heavy atom. The van der Waals surface area contributed by atoms with Crippen molar-refractivity contribution in [3.8, 4) is 6.07 Å². The largest absolute Gasteiger partial charge is 0.417 e. The third-order valence-electron chi connectivity index (χ3n) is 4.07. The van der Waals surface area contributed by atoms with Crippen LogP contribution in [0, 0.1) is 22.7 Å². The zero-order valence-corrected chi connectivity index (χ0v) is 17.0. The van der Waals surface area contributed by atoms with Crippen molar-refractivity contribution in [1.29, 1.82) is 5.26 Å². The highest BCUT2D eigenvalue weighted by atomic mass is 19.4. The van der Waals surface area contributed by atoms with Gasteiger partial charge < -0.3 is 9.80 Å². The number of likely N-dealkylation sites (N-methyl/N-ethyl adjacent to an activating group) is 1. The van der Waals surface area contributed by atoms with Gasteiger partial charge in [-0.05, 0) is 29.5 Å². The highest BCUT2D eigenvalue weighted by Crippen LogP contribution is 2.36. The van der Waals surface area contributed by atoms with Crippen molar-refractivity contribution in [2.45, 2.75) is 46.8 Å². The minimum atomic E-state index is -4.65. The van der Waals surface area contributed by atoms with Crippen LogP contribution in [0.5, 0.6) is 0 Å². The Labute approximate surface area is 159 Å². The van der Waals surface area contributed by atoms with E-state index < -0.39 is 23.3 Å². The summed E-state index contributed by atoms with van der Waals surface area (Å²) in [6.45, 7) is 10.0. The predicted molar refractivity (Wildman–Crippen MR) is 100 cm³/mol. The average molecular weight is 383 g/mol.